The predicted molar refractivity (Wildman–Crippen MR) is 60.5 cm³/mol. The fourth-order valence-corrected chi connectivity index (χ4v) is 2.80. The lowest BCUT2D eigenvalue weighted by molar-refractivity contribution is 0.120. The van der Waals surface area contributed by atoms with Crippen molar-refractivity contribution in [2.75, 3.05) is 13.1 Å². The molecule has 0 aromatic heterocycles. The number of hydrogen-bond donors (Lipinski definition) is 1. The summed E-state index contributed by atoms with van der Waals surface area (Å²) in [5.41, 5.74) is 0.727. The van der Waals surface area contributed by atoms with Crippen molar-refractivity contribution in [1.82, 2.24) is 5.32 Å². The van der Waals surface area contributed by atoms with Crippen molar-refractivity contribution in [3.63, 3.8) is 0 Å². The summed E-state index contributed by atoms with van der Waals surface area (Å²) in [4.78, 5) is 0. The first-order chi connectivity index (χ1) is 7.39. The molecule has 0 saturated heterocycles. The maximum atomic E-state index is 5.55. The molecule has 2 aliphatic carbocycles. The van der Waals surface area contributed by atoms with E-state index in [1.165, 1.54) is 45.1 Å². The predicted octanol–water partition coefficient (Wildman–Crippen LogP) is 2.46. The molecule has 0 bridgehead atoms. The van der Waals surface area contributed by atoms with Crippen molar-refractivity contribution in [1.29, 1.82) is 0 Å². The maximum absolute atomic E-state index is 5.55. The molecule has 1 heterocycles. The van der Waals surface area contributed by atoms with Gasteiger partial charge in [0.15, 0.2) is 0 Å². The minimum Gasteiger partial charge on any atom is -0.497 e. The molecule has 15 heavy (non-hydrogen) atoms. The van der Waals surface area contributed by atoms with E-state index in [0.29, 0.717) is 6.10 Å². The third-order valence-electron chi connectivity index (χ3n) is 4.21. The lowest BCUT2D eigenvalue weighted by Gasteiger charge is -2.22. The standard InChI is InChI=1S/C13H21NO/c1-2-8-15-12(3-1)9-14-10-13(6-7-13)11-4-5-11/h2,8,11-12,14H,1,3-7,9-10H2. The van der Waals surface area contributed by atoms with E-state index in [2.05, 4.69) is 11.4 Å². The molecule has 1 atom stereocenters. The van der Waals surface area contributed by atoms with Crippen LogP contribution in [0.4, 0.5) is 0 Å². The van der Waals surface area contributed by atoms with Gasteiger partial charge in [-0.05, 0) is 55.9 Å². The highest BCUT2D eigenvalue weighted by Gasteiger charge is 2.53. The van der Waals surface area contributed by atoms with E-state index in [0.717, 1.165) is 17.9 Å². The SMILES string of the molecule is C1=COC(CNCC2(C3CC3)CC2)CC1. The minimum absolute atomic E-state index is 0.421. The molecule has 1 unspecified atom stereocenters. The Morgan fingerprint density at radius 1 is 1.27 bits per heavy atom. The van der Waals surface area contributed by atoms with Gasteiger partial charge in [0.05, 0.1) is 6.26 Å². The summed E-state index contributed by atoms with van der Waals surface area (Å²) in [6.45, 7) is 2.28. The molecule has 0 spiro atoms. The lowest BCUT2D eigenvalue weighted by Crippen LogP contribution is -2.33. The average Bonchev–Trinajstić information content (AvgIpc) is 3.14. The molecule has 0 aromatic carbocycles. The van der Waals surface area contributed by atoms with Gasteiger partial charge in [-0.3, -0.25) is 0 Å². The van der Waals surface area contributed by atoms with Gasteiger partial charge in [0, 0.05) is 13.1 Å². The molecule has 2 heteroatoms. The van der Waals surface area contributed by atoms with Crippen LogP contribution in [-0.4, -0.2) is 19.2 Å². The molecule has 0 radical (unpaired) electrons. The van der Waals surface area contributed by atoms with Gasteiger partial charge < -0.3 is 10.1 Å². The van der Waals surface area contributed by atoms with Gasteiger partial charge in [-0.2, -0.15) is 0 Å². The summed E-state index contributed by atoms with van der Waals surface area (Å²) < 4.78 is 5.55. The maximum Gasteiger partial charge on any atom is 0.110 e. The monoisotopic (exact) mass is 207 g/mol. The molecule has 2 nitrogen and oxygen atoms in total. The topological polar surface area (TPSA) is 21.3 Å². The Morgan fingerprint density at radius 3 is 2.73 bits per heavy atom. The summed E-state index contributed by atoms with van der Waals surface area (Å²) in [7, 11) is 0. The van der Waals surface area contributed by atoms with Crippen LogP contribution in [0.1, 0.15) is 38.5 Å². The van der Waals surface area contributed by atoms with Crippen LogP contribution in [-0.2, 0) is 4.74 Å². The second-order valence-electron chi connectivity index (χ2n) is 5.47. The quantitative estimate of drug-likeness (QED) is 0.747. The van der Waals surface area contributed by atoms with E-state index >= 15 is 0 Å². The fraction of sp³-hybridized carbons (Fsp3) is 0.846. The van der Waals surface area contributed by atoms with Gasteiger partial charge in [0.2, 0.25) is 0 Å². The third-order valence-corrected chi connectivity index (χ3v) is 4.21. The fourth-order valence-electron chi connectivity index (χ4n) is 2.80. The number of nitrogens with one attached hydrogen (secondary N) is 1. The lowest BCUT2D eigenvalue weighted by atomic mass is 10.0. The highest BCUT2D eigenvalue weighted by Crippen LogP contribution is 2.60. The Labute approximate surface area is 92.1 Å². The number of rotatable bonds is 5. The average molecular weight is 207 g/mol. The van der Waals surface area contributed by atoms with Crippen LogP contribution in [0.3, 0.4) is 0 Å². The molecule has 84 valence electrons. The smallest absolute Gasteiger partial charge is 0.110 e. The highest BCUT2D eigenvalue weighted by molar-refractivity contribution is 5.05. The van der Waals surface area contributed by atoms with Crippen LogP contribution in [0.15, 0.2) is 12.3 Å². The van der Waals surface area contributed by atoms with Crippen molar-refractivity contribution < 1.29 is 4.74 Å². The summed E-state index contributed by atoms with van der Waals surface area (Å²) >= 11 is 0. The van der Waals surface area contributed by atoms with Gasteiger partial charge in [-0.15, -0.1) is 0 Å². The molecule has 0 aromatic rings. The van der Waals surface area contributed by atoms with Crippen molar-refractivity contribution in [3.8, 4) is 0 Å². The van der Waals surface area contributed by atoms with Gasteiger partial charge in [-0.25, -0.2) is 0 Å². The van der Waals surface area contributed by atoms with E-state index in [1.807, 2.05) is 6.26 Å². The first-order valence-electron chi connectivity index (χ1n) is 6.40. The van der Waals surface area contributed by atoms with Crippen LogP contribution >= 0.6 is 0 Å². The van der Waals surface area contributed by atoms with Crippen LogP contribution in [0.5, 0.6) is 0 Å². The zero-order valence-corrected chi connectivity index (χ0v) is 9.37. The second kappa shape index (κ2) is 3.82. The Kier molecular flexibility index (Phi) is 2.47. The molecule has 1 aliphatic heterocycles. The van der Waals surface area contributed by atoms with E-state index in [-0.39, 0.29) is 0 Å². The normalized spacial score (nSPS) is 32.4. The molecule has 3 rings (SSSR count). The van der Waals surface area contributed by atoms with Crippen LogP contribution in [0.2, 0.25) is 0 Å². The Morgan fingerprint density at radius 2 is 2.13 bits per heavy atom. The van der Waals surface area contributed by atoms with Crippen molar-refractivity contribution in [3.05, 3.63) is 12.3 Å². The highest BCUT2D eigenvalue weighted by atomic mass is 16.5. The first kappa shape index (κ1) is 9.71. The molecular weight excluding hydrogens is 186 g/mol. The molecule has 2 fully saturated rings. The molecule has 3 aliphatic rings. The van der Waals surface area contributed by atoms with Gasteiger partial charge in [-0.1, -0.05) is 0 Å². The van der Waals surface area contributed by atoms with Gasteiger partial charge in [0.1, 0.15) is 6.10 Å². The van der Waals surface area contributed by atoms with E-state index < -0.39 is 0 Å². The van der Waals surface area contributed by atoms with Crippen molar-refractivity contribution in [2.45, 2.75) is 44.6 Å². The minimum atomic E-state index is 0.421. The van der Waals surface area contributed by atoms with Gasteiger partial charge >= 0.3 is 0 Å². The zero-order valence-electron chi connectivity index (χ0n) is 9.37. The Balaban J connectivity index is 1.37. The van der Waals surface area contributed by atoms with Crippen molar-refractivity contribution >= 4 is 0 Å². The largest absolute Gasteiger partial charge is 0.497 e. The zero-order chi connectivity index (χ0) is 10.1. The summed E-state index contributed by atoms with van der Waals surface area (Å²) in [6.07, 6.45) is 12.7. The molecule has 2 saturated carbocycles. The molecule has 1 N–H and O–H groups in total. The number of ether oxygens (including phenoxy) is 1. The van der Waals surface area contributed by atoms with Gasteiger partial charge in [0.25, 0.3) is 0 Å². The van der Waals surface area contributed by atoms with E-state index in [1.54, 1.807) is 0 Å². The summed E-state index contributed by atoms with van der Waals surface area (Å²) in [5.74, 6) is 1.07. The summed E-state index contributed by atoms with van der Waals surface area (Å²) in [6, 6.07) is 0. The van der Waals surface area contributed by atoms with E-state index in [9.17, 15) is 0 Å². The Hall–Kier alpha value is -0.500. The number of allylic oxidation sites excluding steroid dienone is 1. The number of hydrogen-bond acceptors (Lipinski definition) is 2. The second-order valence-corrected chi connectivity index (χ2v) is 5.47. The third kappa shape index (κ3) is 2.20. The summed E-state index contributed by atoms with van der Waals surface area (Å²) in [5, 5.41) is 3.62. The van der Waals surface area contributed by atoms with Crippen LogP contribution in [0, 0.1) is 11.3 Å². The molecule has 0 amide bonds. The Bertz CT molecular complexity index is 253. The first-order valence-corrected chi connectivity index (χ1v) is 6.40. The van der Waals surface area contributed by atoms with Crippen LogP contribution in [0.25, 0.3) is 0 Å². The molecular formula is C13H21NO. The van der Waals surface area contributed by atoms with Crippen molar-refractivity contribution in [2.24, 2.45) is 11.3 Å². The van der Waals surface area contributed by atoms with E-state index in [4.69, 9.17) is 4.74 Å². The van der Waals surface area contributed by atoms with Crippen LogP contribution < -0.4 is 5.32 Å².